The zero-order valence-corrected chi connectivity index (χ0v) is 14.2. The van der Waals surface area contributed by atoms with Crippen molar-refractivity contribution in [2.75, 3.05) is 20.3 Å². The summed E-state index contributed by atoms with van der Waals surface area (Å²) in [5, 5.41) is 9.23. The fraction of sp³-hybridized carbons (Fsp3) is 0.316. The molecule has 0 radical (unpaired) electrons. The van der Waals surface area contributed by atoms with E-state index in [9.17, 15) is 14.3 Å². The Labute approximate surface area is 146 Å². The van der Waals surface area contributed by atoms with Crippen LogP contribution in [-0.4, -0.2) is 37.5 Å². The third-order valence-electron chi connectivity index (χ3n) is 3.41. The lowest BCUT2D eigenvalue weighted by Crippen LogP contribution is -2.18. The highest BCUT2D eigenvalue weighted by molar-refractivity contribution is 5.88. The quantitative estimate of drug-likeness (QED) is 0.751. The van der Waals surface area contributed by atoms with Crippen molar-refractivity contribution in [1.82, 2.24) is 0 Å². The van der Waals surface area contributed by atoms with E-state index in [2.05, 4.69) is 0 Å². The Balaban J connectivity index is 2.05. The maximum Gasteiger partial charge on any atom is 0.335 e. The van der Waals surface area contributed by atoms with Gasteiger partial charge in [0.25, 0.3) is 0 Å². The Bertz CT molecular complexity index is 717. The number of carboxylic acid groups (broad SMARTS) is 1. The molecule has 0 aliphatic carbocycles. The van der Waals surface area contributed by atoms with Crippen molar-refractivity contribution in [2.45, 2.75) is 19.4 Å². The highest BCUT2D eigenvalue weighted by Gasteiger charge is 2.11. The van der Waals surface area contributed by atoms with Crippen molar-refractivity contribution in [1.29, 1.82) is 0 Å². The van der Waals surface area contributed by atoms with Crippen LogP contribution >= 0.6 is 0 Å². The molecule has 0 unspecified atom stereocenters. The first-order chi connectivity index (χ1) is 12.0. The molecule has 25 heavy (non-hydrogen) atoms. The molecule has 0 amide bonds. The highest BCUT2D eigenvalue weighted by atomic mass is 19.1. The standard InChI is InChI=1S/C19H21FO5/c1-13(12-23-2)25-18-10-15(19(21)22)9-17(11-18)24-7-6-14-4-3-5-16(20)8-14/h3-5,8-11,13H,6-7,12H2,1-2H3,(H,21,22)/t13-/m0/s1. The lowest BCUT2D eigenvalue weighted by Gasteiger charge is -2.15. The van der Waals surface area contributed by atoms with E-state index in [1.54, 1.807) is 25.3 Å². The van der Waals surface area contributed by atoms with Gasteiger partial charge < -0.3 is 19.3 Å². The first-order valence-corrected chi connectivity index (χ1v) is 7.89. The Morgan fingerprint density at radius 2 is 1.96 bits per heavy atom. The predicted octanol–water partition coefficient (Wildman–Crippen LogP) is 3.56. The summed E-state index contributed by atoms with van der Waals surface area (Å²) in [6.07, 6.45) is 0.278. The lowest BCUT2D eigenvalue weighted by molar-refractivity contribution is 0.0693. The molecule has 0 aliphatic heterocycles. The van der Waals surface area contributed by atoms with Crippen LogP contribution in [0.5, 0.6) is 11.5 Å². The van der Waals surface area contributed by atoms with Crippen LogP contribution in [0, 0.1) is 5.82 Å². The zero-order chi connectivity index (χ0) is 18.2. The molecule has 2 aromatic rings. The molecule has 0 bridgehead atoms. The third-order valence-corrected chi connectivity index (χ3v) is 3.41. The Kier molecular flexibility index (Phi) is 6.77. The third kappa shape index (κ3) is 6.08. The van der Waals surface area contributed by atoms with Crippen molar-refractivity contribution in [3.63, 3.8) is 0 Å². The molecule has 1 atom stereocenters. The normalized spacial score (nSPS) is 11.8. The van der Waals surface area contributed by atoms with Gasteiger partial charge in [-0.05, 0) is 36.8 Å². The van der Waals surface area contributed by atoms with Crippen LogP contribution in [0.3, 0.4) is 0 Å². The largest absolute Gasteiger partial charge is 0.493 e. The fourth-order valence-corrected chi connectivity index (χ4v) is 2.33. The molecule has 0 heterocycles. The molecule has 0 spiro atoms. The average molecular weight is 348 g/mol. The van der Waals surface area contributed by atoms with Crippen LogP contribution in [0.4, 0.5) is 4.39 Å². The molecular formula is C19H21FO5. The Hall–Kier alpha value is -2.60. The molecular weight excluding hydrogens is 327 g/mol. The van der Waals surface area contributed by atoms with Crippen LogP contribution in [-0.2, 0) is 11.2 Å². The Morgan fingerprint density at radius 1 is 1.20 bits per heavy atom. The molecule has 2 rings (SSSR count). The zero-order valence-electron chi connectivity index (χ0n) is 14.2. The molecule has 2 aromatic carbocycles. The van der Waals surface area contributed by atoms with E-state index < -0.39 is 5.97 Å². The van der Waals surface area contributed by atoms with Gasteiger partial charge in [-0.2, -0.15) is 0 Å². The van der Waals surface area contributed by atoms with Crippen molar-refractivity contribution in [2.24, 2.45) is 0 Å². The number of hydrogen-bond acceptors (Lipinski definition) is 4. The van der Waals surface area contributed by atoms with Crippen LogP contribution in [0.25, 0.3) is 0 Å². The van der Waals surface area contributed by atoms with Crippen molar-refractivity contribution in [3.05, 3.63) is 59.4 Å². The van der Waals surface area contributed by atoms with Crippen LogP contribution in [0.1, 0.15) is 22.8 Å². The van der Waals surface area contributed by atoms with E-state index in [-0.39, 0.29) is 17.5 Å². The number of carbonyl (C=O) groups is 1. The van der Waals surface area contributed by atoms with Gasteiger partial charge in [-0.1, -0.05) is 12.1 Å². The van der Waals surface area contributed by atoms with Gasteiger partial charge in [-0.3, -0.25) is 0 Å². The number of rotatable bonds is 9. The summed E-state index contributed by atoms with van der Waals surface area (Å²) in [4.78, 5) is 11.3. The molecule has 6 heteroatoms. The maximum atomic E-state index is 13.2. The molecule has 0 fully saturated rings. The van der Waals surface area contributed by atoms with Crippen LogP contribution in [0.15, 0.2) is 42.5 Å². The summed E-state index contributed by atoms with van der Waals surface area (Å²) in [5.74, 6) is -0.589. The minimum atomic E-state index is -1.07. The van der Waals surface area contributed by atoms with Gasteiger partial charge in [0.15, 0.2) is 0 Å². The highest BCUT2D eigenvalue weighted by Crippen LogP contribution is 2.24. The van der Waals surface area contributed by atoms with E-state index in [0.717, 1.165) is 5.56 Å². The van der Waals surface area contributed by atoms with Gasteiger partial charge >= 0.3 is 5.97 Å². The van der Waals surface area contributed by atoms with Crippen molar-refractivity contribution in [3.8, 4) is 11.5 Å². The first kappa shape index (κ1) is 18.7. The number of aromatic carboxylic acids is 1. The summed E-state index contributed by atoms with van der Waals surface area (Å²) in [5.41, 5.74) is 0.877. The second-order valence-electron chi connectivity index (χ2n) is 5.61. The molecule has 134 valence electrons. The second kappa shape index (κ2) is 9.03. The molecule has 0 saturated heterocycles. The minimum Gasteiger partial charge on any atom is -0.493 e. The summed E-state index contributed by atoms with van der Waals surface area (Å²) >= 11 is 0. The molecule has 5 nitrogen and oxygen atoms in total. The van der Waals surface area contributed by atoms with E-state index >= 15 is 0 Å². The Morgan fingerprint density at radius 3 is 2.64 bits per heavy atom. The SMILES string of the molecule is COC[C@H](C)Oc1cc(OCCc2cccc(F)c2)cc(C(=O)O)c1. The fourth-order valence-electron chi connectivity index (χ4n) is 2.33. The van der Waals surface area contributed by atoms with Gasteiger partial charge in [-0.15, -0.1) is 0 Å². The summed E-state index contributed by atoms with van der Waals surface area (Å²) < 4.78 is 29.4. The molecule has 0 aromatic heterocycles. The lowest BCUT2D eigenvalue weighted by atomic mass is 10.1. The number of carboxylic acids is 1. The van der Waals surface area contributed by atoms with Gasteiger partial charge in [0.2, 0.25) is 0 Å². The topological polar surface area (TPSA) is 65.0 Å². The smallest absolute Gasteiger partial charge is 0.335 e. The molecule has 1 N–H and O–H groups in total. The first-order valence-electron chi connectivity index (χ1n) is 7.89. The van der Waals surface area contributed by atoms with E-state index in [1.165, 1.54) is 24.3 Å². The number of benzene rings is 2. The van der Waals surface area contributed by atoms with Gasteiger partial charge in [0.05, 0.1) is 18.8 Å². The van der Waals surface area contributed by atoms with Gasteiger partial charge in [0, 0.05) is 19.6 Å². The van der Waals surface area contributed by atoms with Gasteiger partial charge in [-0.25, -0.2) is 9.18 Å². The number of hydrogen-bond donors (Lipinski definition) is 1. The maximum absolute atomic E-state index is 13.2. The van der Waals surface area contributed by atoms with Crippen molar-refractivity contribution >= 4 is 5.97 Å². The van der Waals surface area contributed by atoms with Crippen molar-refractivity contribution < 1.29 is 28.5 Å². The summed E-state index contributed by atoms with van der Waals surface area (Å²) in [6, 6.07) is 10.8. The molecule has 0 aliphatic rings. The summed E-state index contributed by atoms with van der Waals surface area (Å²) in [7, 11) is 1.56. The predicted molar refractivity (Wildman–Crippen MR) is 91.0 cm³/mol. The number of ether oxygens (including phenoxy) is 3. The number of methoxy groups -OCH3 is 1. The number of halogens is 1. The van der Waals surface area contributed by atoms with Crippen LogP contribution in [0.2, 0.25) is 0 Å². The van der Waals surface area contributed by atoms with E-state index in [1.807, 2.05) is 6.92 Å². The van der Waals surface area contributed by atoms with Crippen LogP contribution < -0.4 is 9.47 Å². The second-order valence-corrected chi connectivity index (χ2v) is 5.61. The average Bonchev–Trinajstić information content (AvgIpc) is 2.55. The molecule has 0 saturated carbocycles. The monoisotopic (exact) mass is 348 g/mol. The minimum absolute atomic E-state index is 0.0721. The summed E-state index contributed by atoms with van der Waals surface area (Å²) in [6.45, 7) is 2.49. The van der Waals surface area contributed by atoms with E-state index in [0.29, 0.717) is 31.1 Å². The van der Waals surface area contributed by atoms with E-state index in [4.69, 9.17) is 14.2 Å². The van der Waals surface area contributed by atoms with Gasteiger partial charge in [0.1, 0.15) is 23.4 Å².